The van der Waals surface area contributed by atoms with E-state index >= 15 is 0 Å². The Balaban J connectivity index is 1.56. The van der Waals surface area contributed by atoms with Crippen LogP contribution in [0.4, 0.5) is 5.69 Å². The summed E-state index contributed by atoms with van der Waals surface area (Å²) in [6.45, 7) is 2.92. The quantitative estimate of drug-likeness (QED) is 0.0566. The van der Waals surface area contributed by atoms with Crippen LogP contribution in [0.1, 0.15) is 42.6 Å². The predicted octanol–water partition coefficient (Wildman–Crippen LogP) is 6.27. The second-order valence-corrected chi connectivity index (χ2v) is 13.6. The highest BCUT2D eigenvalue weighted by molar-refractivity contribution is 7.91. The van der Waals surface area contributed by atoms with Crippen LogP contribution >= 0.6 is 0 Å². The number of aliphatic imine (C=N–C) groups is 1. The predicted molar refractivity (Wildman–Crippen MR) is 189 cm³/mol. The van der Waals surface area contributed by atoms with Crippen molar-refractivity contribution >= 4 is 27.3 Å². The molecule has 1 amide bonds. The minimum atomic E-state index is -3.86. The van der Waals surface area contributed by atoms with Gasteiger partial charge in [-0.05, 0) is 66.9 Å². The van der Waals surface area contributed by atoms with Crippen LogP contribution < -0.4 is 14.8 Å². The van der Waals surface area contributed by atoms with Gasteiger partial charge in [-0.1, -0.05) is 65.8 Å². The van der Waals surface area contributed by atoms with Gasteiger partial charge in [-0.2, -0.15) is 0 Å². The van der Waals surface area contributed by atoms with Crippen LogP contribution in [-0.2, 0) is 25.8 Å². The Morgan fingerprint density at radius 1 is 1.00 bits per heavy atom. The van der Waals surface area contributed by atoms with E-state index in [0.717, 1.165) is 5.56 Å². The molecule has 0 saturated heterocycles. The zero-order chi connectivity index (χ0) is 35.4. The van der Waals surface area contributed by atoms with Crippen LogP contribution in [0.25, 0.3) is 10.4 Å². The van der Waals surface area contributed by atoms with Crippen molar-refractivity contribution in [2.45, 2.75) is 42.7 Å². The maximum Gasteiger partial charge on any atom is 0.252 e. The molecule has 5 rings (SSSR count). The number of para-hydroxylation sites is 1. The monoisotopic (exact) mass is 697 g/mol. The minimum absolute atomic E-state index is 0.00457. The van der Waals surface area contributed by atoms with Crippen LogP contribution in [-0.4, -0.2) is 63.0 Å². The van der Waals surface area contributed by atoms with E-state index in [0.29, 0.717) is 48.7 Å². The van der Waals surface area contributed by atoms with Crippen molar-refractivity contribution < 1.29 is 32.5 Å². The Morgan fingerprint density at radius 3 is 2.46 bits per heavy atom. The summed E-state index contributed by atoms with van der Waals surface area (Å²) in [7, 11) is -3.86. The molecule has 0 saturated carbocycles. The lowest BCUT2D eigenvalue weighted by Crippen LogP contribution is -2.49. The van der Waals surface area contributed by atoms with E-state index in [1.54, 1.807) is 66.7 Å². The molecule has 50 heavy (non-hydrogen) atoms. The van der Waals surface area contributed by atoms with Crippen LogP contribution in [0, 0.1) is 0 Å². The number of aliphatic hydroxyl groups excluding tert-OH is 1. The van der Waals surface area contributed by atoms with Gasteiger partial charge in [-0.25, -0.2) is 13.4 Å². The first-order valence-corrected chi connectivity index (χ1v) is 18.0. The van der Waals surface area contributed by atoms with Crippen LogP contribution in [0.3, 0.4) is 0 Å². The number of benzene rings is 4. The number of hydrogen-bond donors (Lipinski definition) is 2. The largest absolute Gasteiger partial charge is 0.494 e. The molecular formula is C37H39N5O7S. The van der Waals surface area contributed by atoms with Gasteiger partial charge in [-0.15, -0.1) is 0 Å². The Morgan fingerprint density at radius 2 is 1.72 bits per heavy atom. The van der Waals surface area contributed by atoms with Crippen molar-refractivity contribution in [3.8, 4) is 11.5 Å². The van der Waals surface area contributed by atoms with E-state index in [4.69, 9.17) is 24.3 Å². The van der Waals surface area contributed by atoms with E-state index in [2.05, 4.69) is 15.3 Å². The summed E-state index contributed by atoms with van der Waals surface area (Å²) in [5.74, 6) is 0.421. The molecule has 4 aromatic rings. The second kappa shape index (κ2) is 16.8. The summed E-state index contributed by atoms with van der Waals surface area (Å²) in [6.07, 6.45) is -0.478. The number of amides is 1. The molecule has 0 spiro atoms. The maximum atomic E-state index is 14.6. The van der Waals surface area contributed by atoms with E-state index in [1.807, 2.05) is 31.2 Å². The fourth-order valence-electron chi connectivity index (χ4n) is 5.70. The molecule has 260 valence electrons. The highest BCUT2D eigenvalue weighted by atomic mass is 32.2. The smallest absolute Gasteiger partial charge is 0.252 e. The van der Waals surface area contributed by atoms with Crippen LogP contribution in [0.2, 0.25) is 0 Å². The third-order valence-corrected chi connectivity index (χ3v) is 9.94. The number of carbonyl (C=O) groups is 1. The average molecular weight is 698 g/mol. The lowest BCUT2D eigenvalue weighted by Gasteiger charge is -2.31. The molecule has 1 aliphatic heterocycles. The minimum Gasteiger partial charge on any atom is -0.494 e. The SMILES string of the molecule is CCOc1ccccc1CCNC(=O)[C@]1(CCS(=O)(=O)c2ccccc2)N=C(c2ccc(OCCCO)cc2)O[C@@H]1c1ccccc1N=[N+]=[N-]. The molecule has 2 atom stereocenters. The number of rotatable bonds is 17. The molecule has 2 N–H and O–H groups in total. The average Bonchev–Trinajstić information content (AvgIpc) is 3.53. The summed E-state index contributed by atoms with van der Waals surface area (Å²) in [6, 6.07) is 29.2. The molecule has 4 aromatic carbocycles. The van der Waals surface area contributed by atoms with Gasteiger partial charge in [-0.3, -0.25) is 4.79 Å². The van der Waals surface area contributed by atoms with E-state index in [-0.39, 0.29) is 36.1 Å². The number of hydrogen-bond acceptors (Lipinski definition) is 9. The molecule has 1 heterocycles. The Labute approximate surface area is 291 Å². The number of azide groups is 1. The van der Waals surface area contributed by atoms with Crippen molar-refractivity contribution in [1.82, 2.24) is 5.32 Å². The summed E-state index contributed by atoms with van der Waals surface area (Å²) in [5.41, 5.74) is 9.61. The fraction of sp³-hybridized carbons (Fsp3) is 0.297. The maximum absolute atomic E-state index is 14.6. The Hall–Kier alpha value is -5.36. The van der Waals surface area contributed by atoms with Crippen molar-refractivity contribution in [3.05, 3.63) is 130 Å². The number of carbonyl (C=O) groups excluding carboxylic acids is 1. The Bertz CT molecular complexity index is 1950. The molecule has 13 heteroatoms. The van der Waals surface area contributed by atoms with Gasteiger partial charge in [0.25, 0.3) is 5.91 Å². The topological polar surface area (TPSA) is 172 Å². The number of ether oxygens (including phenoxy) is 3. The molecule has 0 unspecified atom stereocenters. The fourth-order valence-corrected chi connectivity index (χ4v) is 7.09. The molecule has 12 nitrogen and oxygen atoms in total. The zero-order valence-electron chi connectivity index (χ0n) is 27.6. The molecule has 0 bridgehead atoms. The summed E-state index contributed by atoms with van der Waals surface area (Å²) < 4.78 is 45.2. The van der Waals surface area contributed by atoms with Gasteiger partial charge in [0, 0.05) is 47.7 Å². The molecule has 0 radical (unpaired) electrons. The second-order valence-electron chi connectivity index (χ2n) is 11.5. The van der Waals surface area contributed by atoms with Gasteiger partial charge >= 0.3 is 0 Å². The lowest BCUT2D eigenvalue weighted by molar-refractivity contribution is -0.129. The van der Waals surface area contributed by atoms with Gasteiger partial charge in [0.2, 0.25) is 5.90 Å². The molecular weight excluding hydrogens is 659 g/mol. The molecule has 0 fully saturated rings. The van der Waals surface area contributed by atoms with Crippen molar-refractivity contribution in [1.29, 1.82) is 0 Å². The van der Waals surface area contributed by atoms with E-state index in [1.165, 1.54) is 12.1 Å². The number of sulfone groups is 1. The van der Waals surface area contributed by atoms with Crippen LogP contribution in [0.5, 0.6) is 11.5 Å². The molecule has 0 aromatic heterocycles. The summed E-state index contributed by atoms with van der Waals surface area (Å²) in [4.78, 5) is 22.6. The number of nitrogens with zero attached hydrogens (tertiary/aromatic N) is 4. The lowest BCUT2D eigenvalue weighted by atomic mass is 9.84. The molecule has 1 aliphatic rings. The number of nitrogens with one attached hydrogen (secondary N) is 1. The Kier molecular flexibility index (Phi) is 12.1. The third kappa shape index (κ3) is 8.43. The number of aliphatic hydroxyl groups is 1. The first-order chi connectivity index (χ1) is 24.3. The summed E-state index contributed by atoms with van der Waals surface area (Å²) in [5, 5.41) is 15.9. The highest BCUT2D eigenvalue weighted by Gasteiger charge is 2.54. The standard InChI is InChI=1S/C37H39N5O7S/c1-2-47-33-16-9-6-11-27(33)21-23-39-36(44)37(22-26-50(45,46)30-12-4-3-5-13-30)34(31-14-7-8-15-32(31)41-42-38)49-35(40-37)28-17-19-29(20-18-28)48-25-10-24-43/h3-9,11-20,34,43H,2,10,21-26H2,1H3,(H,39,44)/t34-,37-/m1/s1. The van der Waals surface area contributed by atoms with Gasteiger partial charge in [0.15, 0.2) is 21.5 Å². The van der Waals surface area contributed by atoms with E-state index in [9.17, 15) is 18.7 Å². The van der Waals surface area contributed by atoms with E-state index < -0.39 is 33.1 Å². The summed E-state index contributed by atoms with van der Waals surface area (Å²) >= 11 is 0. The first-order valence-electron chi connectivity index (χ1n) is 16.3. The third-order valence-electron chi connectivity index (χ3n) is 8.21. The first kappa shape index (κ1) is 35.9. The van der Waals surface area contributed by atoms with Crippen LogP contribution in [0.15, 0.2) is 118 Å². The van der Waals surface area contributed by atoms with Gasteiger partial charge in [0.1, 0.15) is 11.5 Å². The van der Waals surface area contributed by atoms with Gasteiger partial charge < -0.3 is 24.6 Å². The zero-order valence-corrected chi connectivity index (χ0v) is 28.5. The van der Waals surface area contributed by atoms with Crippen molar-refractivity contribution in [3.63, 3.8) is 0 Å². The van der Waals surface area contributed by atoms with Gasteiger partial charge in [0.05, 0.1) is 23.9 Å². The van der Waals surface area contributed by atoms with Crippen molar-refractivity contribution in [2.75, 3.05) is 32.1 Å². The molecule has 0 aliphatic carbocycles. The van der Waals surface area contributed by atoms with Crippen molar-refractivity contribution in [2.24, 2.45) is 10.1 Å². The normalized spacial score (nSPS) is 16.8. The highest BCUT2D eigenvalue weighted by Crippen LogP contribution is 2.46.